The number of hydrogen-bond donors (Lipinski definition) is 0. The van der Waals surface area contributed by atoms with E-state index in [4.69, 9.17) is 11.6 Å². The Labute approximate surface area is 100 Å². The van der Waals surface area contributed by atoms with Gasteiger partial charge in [-0.25, -0.2) is 0 Å². The normalized spacial score (nSPS) is 9.80. The molecule has 0 saturated carbocycles. The summed E-state index contributed by atoms with van der Waals surface area (Å²) in [7, 11) is 1.24. The Bertz CT molecular complexity index is 404. The summed E-state index contributed by atoms with van der Waals surface area (Å²) in [5.41, 5.74) is 0.382. The molecule has 0 fully saturated rings. The minimum atomic E-state index is -0.563. The summed E-state index contributed by atoms with van der Waals surface area (Å²) in [6.07, 6.45) is -0.282. The predicted octanol–water partition coefficient (Wildman–Crippen LogP) is 2.85. The van der Waals surface area contributed by atoms with Gasteiger partial charge in [-0.3, -0.25) is 9.59 Å². The number of benzene rings is 1. The van der Waals surface area contributed by atoms with Gasteiger partial charge in [0.15, 0.2) is 5.78 Å². The minimum Gasteiger partial charge on any atom is -0.469 e. The number of hydrogen-bond acceptors (Lipinski definition) is 3. The second kappa shape index (κ2) is 5.28. The van der Waals surface area contributed by atoms with Gasteiger partial charge in [-0.1, -0.05) is 27.5 Å². The zero-order valence-corrected chi connectivity index (χ0v) is 10.3. The van der Waals surface area contributed by atoms with Gasteiger partial charge in [0, 0.05) is 15.1 Å². The van der Waals surface area contributed by atoms with Crippen LogP contribution in [0.1, 0.15) is 16.8 Å². The standard InChI is InChI=1S/C10H8BrClO3/c1-15-10(14)5-9(13)7-4-6(12)2-3-8(7)11/h2-4H,5H2,1H3. The van der Waals surface area contributed by atoms with Crippen LogP contribution in [0.3, 0.4) is 0 Å². The van der Waals surface area contributed by atoms with Crippen molar-refractivity contribution in [2.24, 2.45) is 0 Å². The van der Waals surface area contributed by atoms with Gasteiger partial charge in [0.1, 0.15) is 6.42 Å². The van der Waals surface area contributed by atoms with E-state index in [0.717, 1.165) is 0 Å². The molecule has 0 spiro atoms. The van der Waals surface area contributed by atoms with Crippen LogP contribution < -0.4 is 0 Å². The van der Waals surface area contributed by atoms with Gasteiger partial charge < -0.3 is 4.74 Å². The number of carbonyl (C=O) groups excluding carboxylic acids is 2. The third-order valence-electron chi connectivity index (χ3n) is 1.76. The number of ether oxygens (including phenoxy) is 1. The molecule has 0 aliphatic carbocycles. The molecule has 0 radical (unpaired) electrons. The largest absolute Gasteiger partial charge is 0.469 e. The van der Waals surface area contributed by atoms with Gasteiger partial charge in [-0.15, -0.1) is 0 Å². The van der Waals surface area contributed by atoms with Crippen molar-refractivity contribution in [2.45, 2.75) is 6.42 Å². The monoisotopic (exact) mass is 290 g/mol. The van der Waals surface area contributed by atoms with E-state index in [9.17, 15) is 9.59 Å². The van der Waals surface area contributed by atoms with Gasteiger partial charge in [-0.05, 0) is 18.2 Å². The number of rotatable bonds is 3. The molecule has 1 rings (SSSR count). The quantitative estimate of drug-likeness (QED) is 0.488. The molecule has 80 valence electrons. The molecule has 1 aromatic carbocycles. The van der Waals surface area contributed by atoms with Crippen LogP contribution >= 0.6 is 27.5 Å². The molecule has 1 aromatic rings. The zero-order chi connectivity index (χ0) is 11.4. The highest BCUT2D eigenvalue weighted by atomic mass is 79.9. The van der Waals surface area contributed by atoms with Gasteiger partial charge in [0.2, 0.25) is 0 Å². The van der Waals surface area contributed by atoms with Crippen molar-refractivity contribution < 1.29 is 14.3 Å². The topological polar surface area (TPSA) is 43.4 Å². The van der Waals surface area contributed by atoms with E-state index in [1.807, 2.05) is 0 Å². The van der Waals surface area contributed by atoms with Gasteiger partial charge in [0.05, 0.1) is 7.11 Å². The second-order valence-corrected chi connectivity index (χ2v) is 4.09. The van der Waals surface area contributed by atoms with Crippen molar-refractivity contribution in [2.75, 3.05) is 7.11 Å². The summed E-state index contributed by atoms with van der Waals surface area (Å²) in [6.45, 7) is 0. The molecule has 0 unspecified atom stereocenters. The van der Waals surface area contributed by atoms with E-state index in [0.29, 0.717) is 15.1 Å². The van der Waals surface area contributed by atoms with Crippen molar-refractivity contribution in [3.05, 3.63) is 33.3 Å². The van der Waals surface area contributed by atoms with Crippen LogP contribution in [0, 0.1) is 0 Å². The average molecular weight is 292 g/mol. The zero-order valence-electron chi connectivity index (χ0n) is 7.92. The molecule has 0 N–H and O–H groups in total. The molecular weight excluding hydrogens is 283 g/mol. The number of halogens is 2. The Balaban J connectivity index is 2.91. The molecule has 0 bridgehead atoms. The third kappa shape index (κ3) is 3.32. The highest BCUT2D eigenvalue weighted by Gasteiger charge is 2.15. The lowest BCUT2D eigenvalue weighted by Gasteiger charge is -2.03. The van der Waals surface area contributed by atoms with Crippen LogP contribution in [-0.4, -0.2) is 18.9 Å². The Morgan fingerprint density at radius 1 is 1.47 bits per heavy atom. The number of esters is 1. The van der Waals surface area contributed by atoms with E-state index >= 15 is 0 Å². The van der Waals surface area contributed by atoms with E-state index in [1.165, 1.54) is 13.2 Å². The number of methoxy groups -OCH3 is 1. The van der Waals surface area contributed by atoms with Gasteiger partial charge >= 0.3 is 5.97 Å². The molecule has 0 aliphatic rings. The number of ketones is 1. The molecule has 0 saturated heterocycles. The van der Waals surface area contributed by atoms with E-state index in [2.05, 4.69) is 20.7 Å². The maximum absolute atomic E-state index is 11.6. The molecule has 15 heavy (non-hydrogen) atoms. The van der Waals surface area contributed by atoms with Crippen molar-refractivity contribution in [3.63, 3.8) is 0 Å². The molecule has 0 aromatic heterocycles. The Hall–Kier alpha value is -0.870. The van der Waals surface area contributed by atoms with Crippen LogP contribution in [0.15, 0.2) is 22.7 Å². The summed E-state index contributed by atoms with van der Waals surface area (Å²) in [6, 6.07) is 4.82. The molecule has 0 heterocycles. The van der Waals surface area contributed by atoms with Crippen molar-refractivity contribution in [3.8, 4) is 0 Å². The van der Waals surface area contributed by atoms with Crippen molar-refractivity contribution >= 4 is 39.3 Å². The summed E-state index contributed by atoms with van der Waals surface area (Å²) in [5.74, 6) is -0.886. The Kier molecular flexibility index (Phi) is 4.29. The first-order chi connectivity index (χ1) is 7.04. The Morgan fingerprint density at radius 3 is 2.73 bits per heavy atom. The van der Waals surface area contributed by atoms with Crippen LogP contribution in [0.2, 0.25) is 5.02 Å². The average Bonchev–Trinajstić information content (AvgIpc) is 2.21. The first-order valence-corrected chi connectivity index (χ1v) is 5.26. The minimum absolute atomic E-state index is 0.282. The van der Waals surface area contributed by atoms with Crippen LogP contribution in [0.4, 0.5) is 0 Å². The van der Waals surface area contributed by atoms with E-state index < -0.39 is 5.97 Å². The maximum atomic E-state index is 11.6. The number of Topliss-reactive ketones (excluding diaryl/α,β-unsaturated/α-hetero) is 1. The fourth-order valence-corrected chi connectivity index (χ4v) is 1.65. The smallest absolute Gasteiger partial charge is 0.313 e. The Morgan fingerprint density at radius 2 is 2.13 bits per heavy atom. The van der Waals surface area contributed by atoms with Gasteiger partial charge in [-0.2, -0.15) is 0 Å². The van der Waals surface area contributed by atoms with Gasteiger partial charge in [0.25, 0.3) is 0 Å². The first-order valence-electron chi connectivity index (χ1n) is 4.09. The molecule has 0 amide bonds. The molecule has 0 atom stereocenters. The first kappa shape index (κ1) is 12.2. The maximum Gasteiger partial charge on any atom is 0.313 e. The highest BCUT2D eigenvalue weighted by molar-refractivity contribution is 9.10. The lowest BCUT2D eigenvalue weighted by molar-refractivity contribution is -0.139. The van der Waals surface area contributed by atoms with Crippen LogP contribution in [0.5, 0.6) is 0 Å². The predicted molar refractivity (Wildman–Crippen MR) is 60.1 cm³/mol. The highest BCUT2D eigenvalue weighted by Crippen LogP contribution is 2.22. The second-order valence-electron chi connectivity index (χ2n) is 2.80. The third-order valence-corrected chi connectivity index (χ3v) is 2.69. The fraction of sp³-hybridized carbons (Fsp3) is 0.200. The molecule has 0 aliphatic heterocycles. The van der Waals surface area contributed by atoms with E-state index in [1.54, 1.807) is 12.1 Å². The molecular formula is C10H8BrClO3. The SMILES string of the molecule is COC(=O)CC(=O)c1cc(Cl)ccc1Br. The van der Waals surface area contributed by atoms with Crippen LogP contribution in [0.25, 0.3) is 0 Å². The summed E-state index contributed by atoms with van der Waals surface area (Å²) >= 11 is 8.95. The fourth-order valence-electron chi connectivity index (χ4n) is 1.01. The number of carbonyl (C=O) groups is 2. The summed E-state index contributed by atoms with van der Waals surface area (Å²) in [5, 5.41) is 0.450. The molecule has 5 heteroatoms. The molecule has 3 nitrogen and oxygen atoms in total. The van der Waals surface area contributed by atoms with E-state index in [-0.39, 0.29) is 12.2 Å². The lowest BCUT2D eigenvalue weighted by atomic mass is 10.1. The summed E-state index contributed by atoms with van der Waals surface area (Å²) < 4.78 is 5.02. The lowest BCUT2D eigenvalue weighted by Crippen LogP contribution is -2.10. The van der Waals surface area contributed by atoms with Crippen molar-refractivity contribution in [1.82, 2.24) is 0 Å². The summed E-state index contributed by atoms with van der Waals surface area (Å²) in [4.78, 5) is 22.5. The van der Waals surface area contributed by atoms with Crippen molar-refractivity contribution in [1.29, 1.82) is 0 Å². The van der Waals surface area contributed by atoms with Crippen LogP contribution in [-0.2, 0) is 9.53 Å².